The van der Waals surface area contributed by atoms with Crippen molar-refractivity contribution in [1.29, 1.82) is 0 Å². The summed E-state index contributed by atoms with van der Waals surface area (Å²) in [6.45, 7) is 5.05. The highest BCUT2D eigenvalue weighted by Gasteiger charge is 2.35. The van der Waals surface area contributed by atoms with Crippen LogP contribution in [-0.4, -0.2) is 15.6 Å². The van der Waals surface area contributed by atoms with Gasteiger partial charge in [0.2, 0.25) is 0 Å². The van der Waals surface area contributed by atoms with Crippen LogP contribution in [0.3, 0.4) is 0 Å². The number of aromatic nitrogens is 1. The van der Waals surface area contributed by atoms with Crippen molar-refractivity contribution in [2.24, 2.45) is 11.3 Å². The van der Waals surface area contributed by atoms with Crippen molar-refractivity contribution in [2.45, 2.75) is 52.5 Å². The van der Waals surface area contributed by atoms with Crippen LogP contribution < -0.4 is 5.56 Å². The van der Waals surface area contributed by atoms with E-state index in [1.165, 1.54) is 31.2 Å². The van der Waals surface area contributed by atoms with Crippen LogP contribution in [0.5, 0.6) is 0 Å². The Labute approximate surface area is 119 Å². The molecular weight excluding hydrogens is 254 g/mol. The predicted molar refractivity (Wildman–Crippen MR) is 78.0 cm³/mol. The molecule has 2 rings (SSSR count). The van der Waals surface area contributed by atoms with Gasteiger partial charge in [0.25, 0.3) is 5.56 Å². The number of aromatic carboxylic acids is 1. The van der Waals surface area contributed by atoms with E-state index in [4.69, 9.17) is 5.11 Å². The van der Waals surface area contributed by atoms with E-state index in [1.807, 2.05) is 0 Å². The quantitative estimate of drug-likeness (QED) is 0.899. The number of carboxylic acid groups (broad SMARTS) is 1. The first-order chi connectivity index (χ1) is 9.42. The molecular formula is C16H23NO3. The van der Waals surface area contributed by atoms with E-state index in [2.05, 4.69) is 13.8 Å². The van der Waals surface area contributed by atoms with Crippen molar-refractivity contribution in [2.75, 3.05) is 0 Å². The summed E-state index contributed by atoms with van der Waals surface area (Å²) in [5.41, 5.74) is 0.238. The molecule has 0 radical (unpaired) electrons. The zero-order valence-electron chi connectivity index (χ0n) is 12.3. The molecule has 0 saturated heterocycles. The van der Waals surface area contributed by atoms with Gasteiger partial charge < -0.3 is 9.67 Å². The zero-order chi connectivity index (χ0) is 14.8. The number of nitrogens with zero attached hydrogens (tertiary/aromatic N) is 1. The van der Waals surface area contributed by atoms with Crippen LogP contribution in [0.4, 0.5) is 0 Å². The van der Waals surface area contributed by atoms with E-state index in [9.17, 15) is 9.59 Å². The molecule has 20 heavy (non-hydrogen) atoms. The molecule has 1 fully saturated rings. The Morgan fingerprint density at radius 2 is 2.00 bits per heavy atom. The minimum absolute atomic E-state index is 0.106. The molecule has 4 heteroatoms. The van der Waals surface area contributed by atoms with Gasteiger partial charge in [0.05, 0.1) is 5.56 Å². The van der Waals surface area contributed by atoms with Gasteiger partial charge in [0, 0.05) is 18.8 Å². The summed E-state index contributed by atoms with van der Waals surface area (Å²) in [7, 11) is 0. The van der Waals surface area contributed by atoms with Crippen molar-refractivity contribution in [1.82, 2.24) is 4.57 Å². The third-order valence-electron chi connectivity index (χ3n) is 4.24. The summed E-state index contributed by atoms with van der Waals surface area (Å²) in [6.07, 6.45) is 7.27. The lowest BCUT2D eigenvalue weighted by atomic mass is 9.78. The standard InChI is InChI=1S/C16H23NO3/c1-12(2)9-16(7-3-4-8-16)11-17-10-13(15(19)20)5-6-14(17)18/h5-6,10,12H,3-4,7-9,11H2,1-2H3,(H,19,20). The summed E-state index contributed by atoms with van der Waals surface area (Å²) in [4.78, 5) is 23.0. The van der Waals surface area contributed by atoms with E-state index in [0.29, 0.717) is 12.5 Å². The van der Waals surface area contributed by atoms with Crippen LogP contribution in [-0.2, 0) is 6.54 Å². The number of hydrogen-bond acceptors (Lipinski definition) is 2. The molecule has 0 unspecified atom stereocenters. The van der Waals surface area contributed by atoms with Gasteiger partial charge in [-0.05, 0) is 36.7 Å². The van der Waals surface area contributed by atoms with Crippen molar-refractivity contribution < 1.29 is 9.90 Å². The van der Waals surface area contributed by atoms with Crippen LogP contribution in [0.15, 0.2) is 23.1 Å². The van der Waals surface area contributed by atoms with Gasteiger partial charge in [-0.2, -0.15) is 0 Å². The van der Waals surface area contributed by atoms with Crippen molar-refractivity contribution >= 4 is 5.97 Å². The molecule has 0 spiro atoms. The van der Waals surface area contributed by atoms with Crippen LogP contribution in [0.1, 0.15) is 56.3 Å². The SMILES string of the molecule is CC(C)CC1(Cn2cc(C(=O)O)ccc2=O)CCCC1. The lowest BCUT2D eigenvalue weighted by molar-refractivity contribution is 0.0695. The van der Waals surface area contributed by atoms with Gasteiger partial charge in [-0.1, -0.05) is 26.7 Å². The Balaban J connectivity index is 2.29. The van der Waals surface area contributed by atoms with Crippen LogP contribution in [0, 0.1) is 11.3 Å². The lowest BCUT2D eigenvalue weighted by Crippen LogP contribution is -2.31. The van der Waals surface area contributed by atoms with E-state index in [1.54, 1.807) is 4.57 Å². The molecule has 0 aliphatic heterocycles. The van der Waals surface area contributed by atoms with Gasteiger partial charge in [-0.3, -0.25) is 4.79 Å². The average molecular weight is 277 g/mol. The largest absolute Gasteiger partial charge is 0.478 e. The molecule has 1 N–H and O–H groups in total. The first-order valence-electron chi connectivity index (χ1n) is 7.36. The summed E-state index contributed by atoms with van der Waals surface area (Å²) >= 11 is 0. The highest BCUT2D eigenvalue weighted by atomic mass is 16.4. The van der Waals surface area contributed by atoms with Gasteiger partial charge in [0.15, 0.2) is 0 Å². The van der Waals surface area contributed by atoms with E-state index >= 15 is 0 Å². The molecule has 0 atom stereocenters. The first-order valence-corrected chi connectivity index (χ1v) is 7.36. The molecule has 0 amide bonds. The smallest absolute Gasteiger partial charge is 0.337 e. The fraction of sp³-hybridized carbons (Fsp3) is 0.625. The maximum atomic E-state index is 12.0. The van der Waals surface area contributed by atoms with E-state index < -0.39 is 5.97 Å². The number of pyridine rings is 1. The normalized spacial score (nSPS) is 17.6. The first kappa shape index (κ1) is 14.8. The summed E-state index contributed by atoms with van der Waals surface area (Å²) in [6, 6.07) is 2.74. The Bertz CT molecular complexity index is 539. The lowest BCUT2D eigenvalue weighted by Gasteiger charge is -2.31. The van der Waals surface area contributed by atoms with E-state index in [0.717, 1.165) is 19.3 Å². The predicted octanol–water partition coefficient (Wildman–Crippen LogP) is 3.15. The molecule has 1 heterocycles. The average Bonchev–Trinajstić information content (AvgIpc) is 2.79. The highest BCUT2D eigenvalue weighted by molar-refractivity contribution is 5.87. The second kappa shape index (κ2) is 5.81. The Hall–Kier alpha value is -1.58. The second-order valence-electron chi connectivity index (χ2n) is 6.49. The molecule has 1 aromatic heterocycles. The number of rotatable bonds is 5. The molecule has 1 aromatic rings. The molecule has 1 aliphatic rings. The fourth-order valence-electron chi connectivity index (χ4n) is 3.56. The zero-order valence-corrected chi connectivity index (χ0v) is 12.3. The number of hydrogen-bond donors (Lipinski definition) is 1. The van der Waals surface area contributed by atoms with Gasteiger partial charge in [-0.25, -0.2) is 4.79 Å². The van der Waals surface area contributed by atoms with E-state index in [-0.39, 0.29) is 16.5 Å². The fourth-order valence-corrected chi connectivity index (χ4v) is 3.56. The van der Waals surface area contributed by atoms with Gasteiger partial charge >= 0.3 is 5.97 Å². The molecule has 4 nitrogen and oxygen atoms in total. The van der Waals surface area contributed by atoms with Crippen molar-refractivity contribution in [3.05, 3.63) is 34.2 Å². The van der Waals surface area contributed by atoms with Gasteiger partial charge in [-0.15, -0.1) is 0 Å². The minimum Gasteiger partial charge on any atom is -0.478 e. The number of carboxylic acids is 1. The minimum atomic E-state index is -0.983. The molecule has 0 aromatic carbocycles. The maximum Gasteiger partial charge on any atom is 0.337 e. The molecule has 1 saturated carbocycles. The maximum absolute atomic E-state index is 12.0. The second-order valence-corrected chi connectivity index (χ2v) is 6.49. The number of carbonyl (C=O) groups is 1. The van der Waals surface area contributed by atoms with Crippen LogP contribution >= 0.6 is 0 Å². The third kappa shape index (κ3) is 3.30. The van der Waals surface area contributed by atoms with Crippen molar-refractivity contribution in [3.8, 4) is 0 Å². The Morgan fingerprint density at radius 1 is 1.35 bits per heavy atom. The summed E-state index contributed by atoms with van der Waals surface area (Å²) in [5.74, 6) is -0.394. The topological polar surface area (TPSA) is 59.3 Å². The third-order valence-corrected chi connectivity index (χ3v) is 4.24. The summed E-state index contributed by atoms with van der Waals surface area (Å²) < 4.78 is 1.59. The Kier molecular flexibility index (Phi) is 4.31. The highest BCUT2D eigenvalue weighted by Crippen LogP contribution is 2.44. The van der Waals surface area contributed by atoms with Crippen molar-refractivity contribution in [3.63, 3.8) is 0 Å². The van der Waals surface area contributed by atoms with Gasteiger partial charge in [0.1, 0.15) is 0 Å². The summed E-state index contributed by atoms with van der Waals surface area (Å²) in [5, 5.41) is 9.06. The molecule has 1 aliphatic carbocycles. The Morgan fingerprint density at radius 3 is 2.55 bits per heavy atom. The monoisotopic (exact) mass is 277 g/mol. The molecule has 0 bridgehead atoms. The molecule has 110 valence electrons. The van der Waals surface area contributed by atoms with Crippen LogP contribution in [0.25, 0.3) is 0 Å². The van der Waals surface area contributed by atoms with Crippen LogP contribution in [0.2, 0.25) is 0 Å².